The number of fused-ring (bicyclic) bond motifs is 1. The third-order valence-electron chi connectivity index (χ3n) is 4.69. The minimum atomic E-state index is -0.0419. The Labute approximate surface area is 170 Å². The van der Waals surface area contributed by atoms with Crippen molar-refractivity contribution in [3.63, 3.8) is 0 Å². The molecule has 0 N–H and O–H groups in total. The van der Waals surface area contributed by atoms with Crippen LogP contribution in [0.2, 0.25) is 0 Å². The van der Waals surface area contributed by atoms with Gasteiger partial charge in [-0.1, -0.05) is 24.3 Å². The monoisotopic (exact) mass is 399 g/mol. The van der Waals surface area contributed by atoms with Crippen LogP contribution in [0.1, 0.15) is 49.3 Å². The Kier molecular flexibility index (Phi) is 6.46. The lowest BCUT2D eigenvalue weighted by Gasteiger charge is -2.22. The highest BCUT2D eigenvalue weighted by Gasteiger charge is 2.24. The number of nitrogens with zero attached hydrogens (tertiary/aromatic N) is 5. The van der Waals surface area contributed by atoms with Gasteiger partial charge in [-0.15, -0.1) is 0 Å². The highest BCUT2D eigenvalue weighted by molar-refractivity contribution is 7.22. The maximum absolute atomic E-state index is 13.4. The fourth-order valence-electron chi connectivity index (χ4n) is 3.15. The molecule has 2 heterocycles. The molecule has 0 saturated heterocycles. The highest BCUT2D eigenvalue weighted by atomic mass is 32.1. The third-order valence-corrected chi connectivity index (χ3v) is 5.73. The topological polar surface area (TPSA) is 54.3 Å². The van der Waals surface area contributed by atoms with Gasteiger partial charge in [-0.25, -0.2) is 4.98 Å². The van der Waals surface area contributed by atoms with Gasteiger partial charge in [0.1, 0.15) is 5.69 Å². The number of anilines is 1. The summed E-state index contributed by atoms with van der Waals surface area (Å²) in [7, 11) is 4.09. The van der Waals surface area contributed by atoms with E-state index in [2.05, 4.69) is 35.1 Å². The number of amides is 1. The van der Waals surface area contributed by atoms with Gasteiger partial charge in [0.15, 0.2) is 5.13 Å². The fraction of sp³-hybridized carbons (Fsp3) is 0.476. The van der Waals surface area contributed by atoms with E-state index in [0.29, 0.717) is 12.2 Å². The van der Waals surface area contributed by atoms with Gasteiger partial charge < -0.3 is 4.90 Å². The first-order valence-corrected chi connectivity index (χ1v) is 10.6. The third kappa shape index (κ3) is 4.42. The van der Waals surface area contributed by atoms with Crippen LogP contribution in [0.25, 0.3) is 10.2 Å². The van der Waals surface area contributed by atoms with Gasteiger partial charge in [-0.3, -0.25) is 14.4 Å². The lowest BCUT2D eigenvalue weighted by molar-refractivity contribution is 0.0974. The van der Waals surface area contributed by atoms with E-state index in [-0.39, 0.29) is 11.9 Å². The van der Waals surface area contributed by atoms with Gasteiger partial charge in [-0.05, 0) is 71.1 Å². The van der Waals surface area contributed by atoms with E-state index >= 15 is 0 Å². The Balaban J connectivity index is 1.96. The number of thiazole rings is 1. The van der Waals surface area contributed by atoms with Crippen LogP contribution in [-0.2, 0) is 6.42 Å². The maximum Gasteiger partial charge on any atom is 0.278 e. The normalized spacial score (nSPS) is 11.7. The summed E-state index contributed by atoms with van der Waals surface area (Å²) in [5.41, 5.74) is 2.83. The van der Waals surface area contributed by atoms with Gasteiger partial charge in [-0.2, -0.15) is 5.10 Å². The molecule has 0 saturated carbocycles. The van der Waals surface area contributed by atoms with Gasteiger partial charge >= 0.3 is 0 Å². The van der Waals surface area contributed by atoms with Crippen LogP contribution < -0.4 is 4.90 Å². The van der Waals surface area contributed by atoms with Crippen LogP contribution in [0, 0.1) is 0 Å². The zero-order chi connectivity index (χ0) is 20.3. The van der Waals surface area contributed by atoms with Crippen molar-refractivity contribution in [1.29, 1.82) is 0 Å². The number of rotatable bonds is 8. The summed E-state index contributed by atoms with van der Waals surface area (Å²) >= 11 is 1.58. The second-order valence-corrected chi connectivity index (χ2v) is 8.53. The van der Waals surface area contributed by atoms with Gasteiger partial charge in [0.05, 0.1) is 10.2 Å². The van der Waals surface area contributed by atoms with Crippen molar-refractivity contribution < 1.29 is 4.79 Å². The molecule has 2 aromatic heterocycles. The molecule has 150 valence electrons. The second-order valence-electron chi connectivity index (χ2n) is 7.52. The molecule has 0 aliphatic heterocycles. The molecule has 1 amide bonds. The summed E-state index contributed by atoms with van der Waals surface area (Å²) in [6.07, 6.45) is 3.56. The molecule has 0 aliphatic carbocycles. The van der Waals surface area contributed by atoms with Crippen LogP contribution in [0.3, 0.4) is 0 Å². The lowest BCUT2D eigenvalue weighted by Crippen LogP contribution is -2.35. The summed E-state index contributed by atoms with van der Waals surface area (Å²) in [5.74, 6) is -0.0419. The first kappa shape index (κ1) is 20.5. The van der Waals surface area contributed by atoms with E-state index in [0.717, 1.165) is 34.7 Å². The van der Waals surface area contributed by atoms with Crippen LogP contribution in [0.4, 0.5) is 5.13 Å². The summed E-state index contributed by atoms with van der Waals surface area (Å²) in [4.78, 5) is 22.1. The summed E-state index contributed by atoms with van der Waals surface area (Å²) in [5, 5.41) is 5.08. The van der Waals surface area contributed by atoms with Gasteiger partial charge in [0.25, 0.3) is 5.91 Å². The van der Waals surface area contributed by atoms with Crippen molar-refractivity contribution in [3.8, 4) is 0 Å². The second kappa shape index (κ2) is 8.84. The van der Waals surface area contributed by atoms with Crippen LogP contribution >= 0.6 is 11.3 Å². The fourth-order valence-corrected chi connectivity index (χ4v) is 4.21. The summed E-state index contributed by atoms with van der Waals surface area (Å²) < 4.78 is 2.90. The van der Waals surface area contributed by atoms with Gasteiger partial charge in [0.2, 0.25) is 0 Å². The van der Waals surface area contributed by atoms with Crippen LogP contribution in [0.5, 0.6) is 0 Å². The number of carbonyl (C=O) groups excluding carboxylic acids is 1. The van der Waals surface area contributed by atoms with Crippen LogP contribution in [0.15, 0.2) is 30.5 Å². The molecule has 0 aliphatic rings. The van der Waals surface area contributed by atoms with E-state index in [1.807, 2.05) is 32.8 Å². The molecule has 0 bridgehead atoms. The molecular weight excluding hydrogens is 370 g/mol. The minimum absolute atomic E-state index is 0.0419. The van der Waals surface area contributed by atoms with E-state index in [4.69, 9.17) is 4.98 Å². The van der Waals surface area contributed by atoms with E-state index in [9.17, 15) is 4.79 Å². The largest absolute Gasteiger partial charge is 0.309 e. The molecule has 0 unspecified atom stereocenters. The molecule has 3 aromatic rings. The van der Waals surface area contributed by atoms with Crippen molar-refractivity contribution in [2.45, 2.75) is 39.7 Å². The summed E-state index contributed by atoms with van der Waals surface area (Å²) in [6, 6.07) is 8.26. The summed E-state index contributed by atoms with van der Waals surface area (Å²) in [6.45, 7) is 7.75. The van der Waals surface area contributed by atoms with Crippen molar-refractivity contribution in [2.24, 2.45) is 0 Å². The molecule has 1 aromatic carbocycles. The Morgan fingerprint density at radius 3 is 2.68 bits per heavy atom. The zero-order valence-electron chi connectivity index (χ0n) is 17.3. The minimum Gasteiger partial charge on any atom is -0.309 e. The van der Waals surface area contributed by atoms with Crippen molar-refractivity contribution in [1.82, 2.24) is 19.7 Å². The first-order chi connectivity index (χ1) is 13.4. The Morgan fingerprint density at radius 2 is 2.00 bits per heavy atom. The number of carbonyl (C=O) groups is 1. The molecule has 0 radical (unpaired) electrons. The molecule has 6 nitrogen and oxygen atoms in total. The van der Waals surface area contributed by atoms with Crippen molar-refractivity contribution in [3.05, 3.63) is 41.7 Å². The molecule has 0 atom stereocenters. The number of hydrogen-bond acceptors (Lipinski definition) is 5. The molecule has 28 heavy (non-hydrogen) atoms. The predicted molar refractivity (Wildman–Crippen MR) is 116 cm³/mol. The van der Waals surface area contributed by atoms with Crippen molar-refractivity contribution >= 4 is 32.6 Å². The first-order valence-electron chi connectivity index (χ1n) is 9.80. The standard InChI is InChI=1S/C21H29N5OS/c1-6-16-8-9-17-19(14-16)28-21(23-17)25(13-7-12-24(4)5)20(27)18-10-11-22-26(18)15(2)3/h8-11,14-15H,6-7,12-13H2,1-5H3. The Hall–Kier alpha value is -2.25. The average molecular weight is 400 g/mol. The van der Waals surface area contributed by atoms with E-state index in [1.165, 1.54) is 5.56 Å². The smallest absolute Gasteiger partial charge is 0.278 e. The highest BCUT2D eigenvalue weighted by Crippen LogP contribution is 2.31. The Bertz CT molecular complexity index is 943. The molecule has 3 rings (SSSR count). The number of aromatic nitrogens is 3. The Morgan fingerprint density at radius 1 is 1.21 bits per heavy atom. The molecule has 0 fully saturated rings. The number of benzene rings is 1. The average Bonchev–Trinajstić information content (AvgIpc) is 3.30. The lowest BCUT2D eigenvalue weighted by atomic mass is 10.2. The molecular formula is C21H29N5OS. The predicted octanol–water partition coefficient (Wildman–Crippen LogP) is 4.23. The van der Waals surface area contributed by atoms with E-state index in [1.54, 1.807) is 28.3 Å². The number of aryl methyl sites for hydroxylation is 1. The van der Waals surface area contributed by atoms with Gasteiger partial charge in [0, 0.05) is 18.8 Å². The molecule has 7 heteroatoms. The zero-order valence-corrected chi connectivity index (χ0v) is 18.2. The van der Waals surface area contributed by atoms with Crippen molar-refractivity contribution in [2.75, 3.05) is 32.1 Å². The quantitative estimate of drug-likeness (QED) is 0.569. The molecule has 0 spiro atoms. The van der Waals surface area contributed by atoms with Crippen LogP contribution in [-0.4, -0.2) is 52.8 Å². The number of hydrogen-bond donors (Lipinski definition) is 0. The van der Waals surface area contributed by atoms with E-state index < -0.39 is 0 Å². The maximum atomic E-state index is 13.4. The SMILES string of the molecule is CCc1ccc2nc(N(CCCN(C)C)C(=O)c3ccnn3C(C)C)sc2c1.